The summed E-state index contributed by atoms with van der Waals surface area (Å²) in [6, 6.07) is 0. The van der Waals surface area contributed by atoms with Crippen LogP contribution >= 0.6 is 0 Å². The zero-order chi connectivity index (χ0) is 20.5. The third kappa shape index (κ3) is 17.0. The highest BCUT2D eigenvalue weighted by molar-refractivity contribution is 5.68. The summed E-state index contributed by atoms with van der Waals surface area (Å²) in [7, 11) is 5.87. The van der Waals surface area contributed by atoms with Crippen LogP contribution in [0.15, 0.2) is 12.2 Å². The Morgan fingerprint density at radius 1 is 0.889 bits per heavy atom. The van der Waals surface area contributed by atoms with Gasteiger partial charge in [0, 0.05) is 11.9 Å². The van der Waals surface area contributed by atoms with Gasteiger partial charge in [-0.3, -0.25) is 0 Å². The molecule has 0 aliphatic heterocycles. The minimum absolute atomic E-state index is 0.435. The fraction of sp³-hybridized carbons (Fsp3) is 0.870. The Bertz CT molecular complexity index is 388. The third-order valence-corrected chi connectivity index (χ3v) is 5.03. The molecule has 4 nitrogen and oxygen atoms in total. The molecule has 0 heterocycles. The molecule has 0 saturated carbocycles. The summed E-state index contributed by atoms with van der Waals surface area (Å²) in [4.78, 5) is 11.3. The molecule has 0 aliphatic carbocycles. The topological polar surface area (TPSA) is 60.4 Å². The van der Waals surface area contributed by atoms with Crippen molar-refractivity contribution in [3.8, 4) is 0 Å². The number of carbonyl (C=O) groups excluding carboxylic acids is 1. The van der Waals surface area contributed by atoms with Gasteiger partial charge in [-0.2, -0.15) is 0 Å². The van der Waals surface area contributed by atoms with Crippen molar-refractivity contribution in [3.05, 3.63) is 12.2 Å². The van der Waals surface area contributed by atoms with Gasteiger partial charge in [0.2, 0.25) is 0 Å². The Kier molecular flexibility index (Phi) is 15.6. The lowest BCUT2D eigenvalue weighted by molar-refractivity contribution is -0.874. The van der Waals surface area contributed by atoms with Gasteiger partial charge in [0.05, 0.1) is 21.1 Å². The van der Waals surface area contributed by atoms with Crippen LogP contribution in [0.25, 0.3) is 0 Å². The van der Waals surface area contributed by atoms with E-state index in [0.29, 0.717) is 17.4 Å². The van der Waals surface area contributed by atoms with E-state index in [1.807, 2.05) is 21.1 Å². The van der Waals surface area contributed by atoms with Crippen LogP contribution in [0.1, 0.15) is 90.4 Å². The van der Waals surface area contributed by atoms with Gasteiger partial charge >= 0.3 is 0 Å². The molecule has 0 amide bonds. The number of hydrogen-bond donors (Lipinski definition) is 1. The maximum Gasteiger partial charge on any atom is 0.111 e. The van der Waals surface area contributed by atoms with Crippen LogP contribution in [0, 0.1) is 5.92 Å². The van der Waals surface area contributed by atoms with Crippen LogP contribution in [-0.4, -0.2) is 49.4 Å². The number of aliphatic hydroxyl groups excluding tert-OH is 1. The van der Waals surface area contributed by atoms with Crippen molar-refractivity contribution in [1.29, 1.82) is 0 Å². The van der Waals surface area contributed by atoms with Gasteiger partial charge in [-0.1, -0.05) is 70.4 Å². The molecule has 0 rings (SSSR count). The molecular formula is C23H45NO3. The Morgan fingerprint density at radius 3 is 1.85 bits per heavy atom. The predicted molar refractivity (Wildman–Crippen MR) is 112 cm³/mol. The SMILES string of the molecule is CCCCCC/C=C\CCCCCCCCC(C(=O)[O-])C(O)C[N+](C)(C)C. The number of rotatable bonds is 18. The number of carboxylic acid groups (broad SMARTS) is 1. The van der Waals surface area contributed by atoms with Crippen molar-refractivity contribution in [1.82, 2.24) is 0 Å². The minimum Gasteiger partial charge on any atom is -0.550 e. The third-order valence-electron chi connectivity index (χ3n) is 5.03. The Balaban J connectivity index is 3.66. The van der Waals surface area contributed by atoms with Gasteiger partial charge < -0.3 is 19.5 Å². The van der Waals surface area contributed by atoms with Crippen LogP contribution in [0.2, 0.25) is 0 Å². The second kappa shape index (κ2) is 16.1. The molecule has 0 aromatic heterocycles. The number of nitrogens with zero attached hydrogens (tertiary/aromatic N) is 1. The number of carboxylic acids is 1. The Hall–Kier alpha value is -0.870. The summed E-state index contributed by atoms with van der Waals surface area (Å²) in [6.07, 6.45) is 18.8. The molecule has 1 N–H and O–H groups in total. The summed E-state index contributed by atoms with van der Waals surface area (Å²) in [6.45, 7) is 2.68. The van der Waals surface area contributed by atoms with Crippen molar-refractivity contribution < 1.29 is 19.5 Å². The number of aliphatic carboxylic acids is 1. The number of quaternary nitrogens is 1. The van der Waals surface area contributed by atoms with Crippen molar-refractivity contribution in [2.45, 2.75) is 96.5 Å². The monoisotopic (exact) mass is 383 g/mol. The van der Waals surface area contributed by atoms with E-state index in [1.54, 1.807) is 0 Å². The molecule has 2 unspecified atom stereocenters. The maximum absolute atomic E-state index is 11.3. The predicted octanol–water partition coefficient (Wildman–Crippen LogP) is 4.07. The molecule has 0 aromatic carbocycles. The zero-order valence-electron chi connectivity index (χ0n) is 18.4. The van der Waals surface area contributed by atoms with E-state index >= 15 is 0 Å². The molecule has 0 radical (unpaired) electrons. The van der Waals surface area contributed by atoms with Crippen molar-refractivity contribution in [2.75, 3.05) is 27.7 Å². The quantitative estimate of drug-likeness (QED) is 0.220. The lowest BCUT2D eigenvalue weighted by Crippen LogP contribution is -2.48. The maximum atomic E-state index is 11.3. The first-order valence-electron chi connectivity index (χ1n) is 11.1. The standard InChI is InChI=1S/C23H45NO3/c1-5-6-7-8-9-10-11-12-13-14-15-16-17-18-19-21(23(26)27)22(25)20-24(2,3)4/h10-11,21-22,25H,5-9,12-20H2,1-4H3/b11-10-. The van der Waals surface area contributed by atoms with E-state index in [-0.39, 0.29) is 0 Å². The first kappa shape index (κ1) is 26.1. The minimum atomic E-state index is -1.11. The summed E-state index contributed by atoms with van der Waals surface area (Å²) in [5, 5.41) is 21.5. The summed E-state index contributed by atoms with van der Waals surface area (Å²) in [5.41, 5.74) is 0. The Morgan fingerprint density at radius 2 is 1.37 bits per heavy atom. The number of unbranched alkanes of at least 4 members (excludes halogenated alkanes) is 10. The average Bonchev–Trinajstić information content (AvgIpc) is 2.56. The highest BCUT2D eigenvalue weighted by atomic mass is 16.4. The van der Waals surface area contributed by atoms with Gasteiger partial charge in [0.15, 0.2) is 0 Å². The first-order valence-corrected chi connectivity index (χ1v) is 11.1. The molecule has 27 heavy (non-hydrogen) atoms. The van der Waals surface area contributed by atoms with Crippen molar-refractivity contribution in [3.63, 3.8) is 0 Å². The van der Waals surface area contributed by atoms with Crippen LogP contribution in [0.3, 0.4) is 0 Å². The summed E-state index contributed by atoms with van der Waals surface area (Å²) >= 11 is 0. The van der Waals surface area contributed by atoms with Gasteiger partial charge in [-0.15, -0.1) is 0 Å². The highest BCUT2D eigenvalue weighted by Crippen LogP contribution is 2.17. The van der Waals surface area contributed by atoms with Gasteiger partial charge in [0.1, 0.15) is 12.6 Å². The number of aliphatic hydroxyl groups is 1. The molecular weight excluding hydrogens is 338 g/mol. The fourth-order valence-electron chi connectivity index (χ4n) is 3.41. The van der Waals surface area contributed by atoms with E-state index in [1.165, 1.54) is 57.8 Å². The van der Waals surface area contributed by atoms with E-state index in [0.717, 1.165) is 19.3 Å². The normalized spacial score (nSPS) is 14.6. The molecule has 0 aromatic rings. The van der Waals surface area contributed by atoms with Crippen LogP contribution < -0.4 is 5.11 Å². The molecule has 2 atom stereocenters. The van der Waals surface area contributed by atoms with E-state index in [9.17, 15) is 15.0 Å². The van der Waals surface area contributed by atoms with Crippen LogP contribution in [0.4, 0.5) is 0 Å². The summed E-state index contributed by atoms with van der Waals surface area (Å²) in [5.74, 6) is -1.86. The van der Waals surface area contributed by atoms with E-state index in [4.69, 9.17) is 0 Å². The second-order valence-electron chi connectivity index (χ2n) is 8.99. The van der Waals surface area contributed by atoms with Gasteiger partial charge in [-0.25, -0.2) is 0 Å². The number of carbonyl (C=O) groups is 1. The Labute approximate surface area is 168 Å². The average molecular weight is 384 g/mol. The lowest BCUT2D eigenvalue weighted by Gasteiger charge is -2.31. The van der Waals surface area contributed by atoms with Gasteiger partial charge in [0.25, 0.3) is 0 Å². The molecule has 4 heteroatoms. The van der Waals surface area contributed by atoms with Crippen molar-refractivity contribution in [2.24, 2.45) is 5.92 Å². The van der Waals surface area contributed by atoms with Crippen LogP contribution in [0.5, 0.6) is 0 Å². The van der Waals surface area contributed by atoms with E-state index in [2.05, 4.69) is 19.1 Å². The molecule has 0 saturated heterocycles. The van der Waals surface area contributed by atoms with E-state index < -0.39 is 18.0 Å². The lowest BCUT2D eigenvalue weighted by atomic mass is 9.94. The first-order chi connectivity index (χ1) is 12.8. The number of allylic oxidation sites excluding steroid dienone is 2. The number of likely N-dealkylation sites (N-methyl/N-ethyl adjacent to an activating group) is 1. The number of hydrogen-bond acceptors (Lipinski definition) is 3. The smallest absolute Gasteiger partial charge is 0.111 e. The summed E-state index contributed by atoms with van der Waals surface area (Å²) < 4.78 is 0.554. The highest BCUT2D eigenvalue weighted by Gasteiger charge is 2.25. The van der Waals surface area contributed by atoms with Gasteiger partial charge in [-0.05, 0) is 32.1 Å². The van der Waals surface area contributed by atoms with Crippen LogP contribution in [-0.2, 0) is 4.79 Å². The molecule has 0 fully saturated rings. The zero-order valence-corrected chi connectivity index (χ0v) is 18.4. The largest absolute Gasteiger partial charge is 0.550 e. The fourth-order valence-corrected chi connectivity index (χ4v) is 3.41. The van der Waals surface area contributed by atoms with Crippen molar-refractivity contribution >= 4 is 5.97 Å². The molecule has 0 spiro atoms. The molecule has 160 valence electrons. The second-order valence-corrected chi connectivity index (χ2v) is 8.99. The molecule has 0 bridgehead atoms. The molecule has 0 aliphatic rings.